The van der Waals surface area contributed by atoms with Crippen LogP contribution >= 0.6 is 0 Å². The summed E-state index contributed by atoms with van der Waals surface area (Å²) in [7, 11) is 0. The van der Waals surface area contributed by atoms with Gasteiger partial charge in [-0.25, -0.2) is 0 Å². The van der Waals surface area contributed by atoms with Crippen molar-refractivity contribution >= 4 is 17.9 Å². The van der Waals surface area contributed by atoms with E-state index in [1.165, 1.54) is 0 Å². The van der Waals surface area contributed by atoms with Gasteiger partial charge >= 0.3 is 17.9 Å². The van der Waals surface area contributed by atoms with E-state index in [2.05, 4.69) is 104 Å². The summed E-state index contributed by atoms with van der Waals surface area (Å²) in [6, 6.07) is 0. The second-order valence-corrected chi connectivity index (χ2v) is 21.2. The number of ether oxygens (including phenoxy) is 3. The maximum absolute atomic E-state index is 13.3. The van der Waals surface area contributed by atoms with Gasteiger partial charge in [-0.05, 0) is 131 Å². The van der Waals surface area contributed by atoms with Crippen molar-refractivity contribution in [3.63, 3.8) is 0 Å². The zero-order chi connectivity index (χ0) is 39.5. The van der Waals surface area contributed by atoms with E-state index in [-0.39, 0.29) is 39.6 Å². The normalized spacial score (nSPS) is 27.3. The molecular weight excluding hydrogens is 636 g/mol. The summed E-state index contributed by atoms with van der Waals surface area (Å²) in [6.07, 6.45) is 14.2. The minimum atomic E-state index is -0.565. The van der Waals surface area contributed by atoms with Gasteiger partial charge in [-0.1, -0.05) is 95.6 Å². The molecule has 0 saturated carbocycles. The zero-order valence-electron chi connectivity index (χ0n) is 36.2. The quantitative estimate of drug-likeness (QED) is 0.102. The fourth-order valence-electron chi connectivity index (χ4n) is 7.93. The summed E-state index contributed by atoms with van der Waals surface area (Å²) in [5, 5.41) is 0. The molecule has 5 unspecified atom stereocenters. The lowest BCUT2D eigenvalue weighted by Gasteiger charge is -2.43. The van der Waals surface area contributed by atoms with E-state index in [0.717, 1.165) is 83.5 Å². The van der Waals surface area contributed by atoms with Crippen LogP contribution in [-0.2, 0) is 28.6 Å². The van der Waals surface area contributed by atoms with E-state index in [4.69, 9.17) is 14.2 Å². The highest BCUT2D eigenvalue weighted by atomic mass is 16.5. The molecule has 6 heteroatoms. The fraction of sp³-hybridized carbons (Fsp3) is 0.889. The largest absolute Gasteiger partial charge is 0.465 e. The Morgan fingerprint density at radius 2 is 1.35 bits per heavy atom. The molecule has 2 saturated heterocycles. The van der Waals surface area contributed by atoms with Gasteiger partial charge in [-0.15, -0.1) is 6.58 Å². The predicted octanol–water partition coefficient (Wildman–Crippen LogP) is 12.3. The minimum absolute atomic E-state index is 0.0384. The first-order chi connectivity index (χ1) is 23.1. The Bertz CT molecular complexity index is 1110. The average molecular weight is 719 g/mol. The van der Waals surface area contributed by atoms with Gasteiger partial charge in [-0.3, -0.25) is 14.4 Å². The second-order valence-electron chi connectivity index (χ2n) is 21.2. The van der Waals surface area contributed by atoms with Crippen molar-refractivity contribution in [3.05, 3.63) is 12.7 Å². The van der Waals surface area contributed by atoms with Crippen LogP contribution in [0.1, 0.15) is 187 Å². The van der Waals surface area contributed by atoms with Crippen LogP contribution < -0.4 is 0 Å². The molecular formula is C45H82O6. The van der Waals surface area contributed by atoms with Gasteiger partial charge in [-0.2, -0.15) is 0 Å². The molecule has 2 fully saturated rings. The van der Waals surface area contributed by atoms with Crippen LogP contribution in [0.3, 0.4) is 0 Å². The zero-order valence-corrected chi connectivity index (χ0v) is 36.2. The number of hydrogen-bond donors (Lipinski definition) is 0. The molecule has 5 atom stereocenters. The van der Waals surface area contributed by atoms with Gasteiger partial charge < -0.3 is 14.2 Å². The van der Waals surface area contributed by atoms with E-state index in [1.807, 2.05) is 13.0 Å². The third-order valence-electron chi connectivity index (χ3n) is 12.4. The first-order valence-electron chi connectivity index (χ1n) is 20.3. The number of cyclic esters (lactones) is 2. The lowest BCUT2D eigenvalue weighted by Crippen LogP contribution is -2.44. The Morgan fingerprint density at radius 1 is 0.804 bits per heavy atom. The molecule has 0 aromatic rings. The van der Waals surface area contributed by atoms with Crippen molar-refractivity contribution < 1.29 is 28.6 Å². The van der Waals surface area contributed by atoms with Gasteiger partial charge in [0.25, 0.3) is 0 Å². The van der Waals surface area contributed by atoms with Crippen LogP contribution in [-0.4, -0.2) is 37.7 Å². The number of carbonyl (C=O) groups excluding carboxylic acids is 3. The molecule has 0 spiro atoms. The van der Waals surface area contributed by atoms with Gasteiger partial charge in [0.05, 0.1) is 36.1 Å². The molecule has 2 heterocycles. The van der Waals surface area contributed by atoms with Gasteiger partial charge in [0, 0.05) is 0 Å². The number of allylic oxidation sites excluding steroid dienone is 1. The van der Waals surface area contributed by atoms with Crippen molar-refractivity contribution in [2.75, 3.05) is 19.8 Å². The van der Waals surface area contributed by atoms with Crippen LogP contribution in [0.15, 0.2) is 12.7 Å². The third-order valence-corrected chi connectivity index (χ3v) is 12.4. The number of unbranched alkanes of at least 4 members (excludes halogenated alkanes) is 2. The first kappa shape index (κ1) is 47.2. The monoisotopic (exact) mass is 719 g/mol. The van der Waals surface area contributed by atoms with Crippen LogP contribution in [0.5, 0.6) is 0 Å². The number of hydrogen-bond acceptors (Lipinski definition) is 6. The van der Waals surface area contributed by atoms with Crippen LogP contribution in [0.25, 0.3) is 0 Å². The van der Waals surface area contributed by atoms with Gasteiger partial charge in [0.15, 0.2) is 0 Å². The molecule has 0 radical (unpaired) electrons. The predicted molar refractivity (Wildman–Crippen MR) is 212 cm³/mol. The smallest absolute Gasteiger partial charge is 0.312 e. The summed E-state index contributed by atoms with van der Waals surface area (Å²) in [4.78, 5) is 39.0. The molecule has 0 bridgehead atoms. The molecule has 2 aliphatic heterocycles. The molecule has 0 aromatic heterocycles. The van der Waals surface area contributed by atoms with Crippen molar-refractivity contribution in [3.8, 4) is 0 Å². The SMILES string of the molecule is C=CCCCCOC(=O)C(C)(CC(C)(C)C)C(C)(C)C.CC1(CC2CCCCOC(=O)C(C)(C(C)(C)C)C2)CC(C(C)(C)C)CCCCOC1=O. The van der Waals surface area contributed by atoms with Crippen LogP contribution in [0, 0.1) is 49.7 Å². The number of esters is 3. The molecule has 2 aliphatic rings. The van der Waals surface area contributed by atoms with E-state index in [0.29, 0.717) is 31.7 Å². The Hall–Kier alpha value is -1.85. The molecule has 51 heavy (non-hydrogen) atoms. The van der Waals surface area contributed by atoms with Gasteiger partial charge in [0.1, 0.15) is 0 Å². The molecule has 0 amide bonds. The highest BCUT2D eigenvalue weighted by molar-refractivity contribution is 5.78. The van der Waals surface area contributed by atoms with Crippen LogP contribution in [0.2, 0.25) is 0 Å². The molecule has 298 valence electrons. The standard InChI is InChI=1S/C27H48O4.C18H34O2/c1-24(2,3)21-14-10-12-15-30-22(28)26(7,19-21)17-20-13-9-11-16-31-23(29)27(8,18-20)25(4,5)6;1-9-10-11-12-13-20-15(19)18(8,17(5,6)7)14-16(2,3)4/h20-21H,9-19H2,1-8H3;9H,1,10-14H2,2-8H3. The Labute approximate surface area is 315 Å². The summed E-state index contributed by atoms with van der Waals surface area (Å²) >= 11 is 0. The van der Waals surface area contributed by atoms with Crippen LogP contribution in [0.4, 0.5) is 0 Å². The Balaban J connectivity index is 0.000000564. The lowest BCUT2D eigenvalue weighted by molar-refractivity contribution is -0.165. The molecule has 0 aliphatic carbocycles. The summed E-state index contributed by atoms with van der Waals surface area (Å²) < 4.78 is 17.0. The van der Waals surface area contributed by atoms with E-state index in [1.54, 1.807) is 0 Å². The van der Waals surface area contributed by atoms with Crippen molar-refractivity contribution in [1.29, 1.82) is 0 Å². The summed E-state index contributed by atoms with van der Waals surface area (Å²) in [6.45, 7) is 37.7. The van der Waals surface area contributed by atoms with Crippen molar-refractivity contribution in [2.24, 2.45) is 49.7 Å². The third kappa shape index (κ3) is 14.5. The number of rotatable bonds is 9. The van der Waals surface area contributed by atoms with Crippen molar-refractivity contribution in [1.82, 2.24) is 0 Å². The highest BCUT2D eigenvalue weighted by Gasteiger charge is 2.50. The second kappa shape index (κ2) is 19.0. The number of carbonyl (C=O) groups is 3. The average Bonchev–Trinajstić information content (AvgIpc) is 3.08. The van der Waals surface area contributed by atoms with E-state index < -0.39 is 16.2 Å². The topological polar surface area (TPSA) is 78.9 Å². The molecule has 0 aromatic carbocycles. The lowest BCUT2D eigenvalue weighted by atomic mass is 9.60. The van der Waals surface area contributed by atoms with Gasteiger partial charge in [0.2, 0.25) is 0 Å². The van der Waals surface area contributed by atoms with E-state index in [9.17, 15) is 14.4 Å². The Kier molecular flexibility index (Phi) is 17.5. The minimum Gasteiger partial charge on any atom is -0.465 e. The summed E-state index contributed by atoms with van der Waals surface area (Å²) in [5.74, 6) is 0.607. The van der Waals surface area contributed by atoms with E-state index >= 15 is 0 Å². The molecule has 2 rings (SSSR count). The summed E-state index contributed by atoms with van der Waals surface area (Å²) in [5.41, 5.74) is -1.59. The maximum atomic E-state index is 13.3. The maximum Gasteiger partial charge on any atom is 0.312 e. The van der Waals surface area contributed by atoms with Crippen molar-refractivity contribution in [2.45, 2.75) is 187 Å². The Morgan fingerprint density at radius 3 is 1.84 bits per heavy atom. The first-order valence-corrected chi connectivity index (χ1v) is 20.3. The molecule has 6 nitrogen and oxygen atoms in total. The molecule has 0 N–H and O–H groups in total. The fourth-order valence-corrected chi connectivity index (χ4v) is 7.93. The highest BCUT2D eigenvalue weighted by Crippen LogP contribution is 2.51.